The third-order valence-electron chi connectivity index (χ3n) is 1.52. The predicted molar refractivity (Wildman–Crippen MR) is 41.8 cm³/mol. The summed E-state index contributed by atoms with van der Waals surface area (Å²) in [6, 6.07) is 1.07. The molecule has 1 aromatic carbocycles. The van der Waals surface area contributed by atoms with Gasteiger partial charge >= 0.3 is 5.97 Å². The highest BCUT2D eigenvalue weighted by molar-refractivity contribution is 5.65. The molecular weight excluding hydrogens is 197 g/mol. The normalized spacial score (nSPS) is 10.0. The van der Waals surface area contributed by atoms with Gasteiger partial charge in [-0.05, 0) is 6.07 Å². The molecule has 5 heteroatoms. The van der Waals surface area contributed by atoms with Crippen LogP contribution in [0.2, 0.25) is 0 Å². The fourth-order valence-corrected chi connectivity index (χ4v) is 0.854. The van der Waals surface area contributed by atoms with E-state index in [9.17, 15) is 18.0 Å². The Bertz CT molecular complexity index is 363. The molecule has 0 radical (unpaired) electrons. The molecule has 0 N–H and O–H groups in total. The molecule has 0 amide bonds. The van der Waals surface area contributed by atoms with Gasteiger partial charge < -0.3 is 4.74 Å². The van der Waals surface area contributed by atoms with E-state index < -0.39 is 30.0 Å². The molecule has 0 heterocycles. The molecule has 76 valence electrons. The Morgan fingerprint density at radius 3 is 2.36 bits per heavy atom. The number of esters is 1. The topological polar surface area (TPSA) is 26.3 Å². The van der Waals surface area contributed by atoms with Gasteiger partial charge in [-0.15, -0.1) is 0 Å². The number of carbonyl (C=O) groups excluding carboxylic acids is 1. The minimum atomic E-state index is -1.27. The Kier molecular flexibility index (Phi) is 3.11. The van der Waals surface area contributed by atoms with Gasteiger partial charge in [-0.1, -0.05) is 0 Å². The van der Waals surface area contributed by atoms with Gasteiger partial charge in [0.15, 0.2) is 11.6 Å². The molecule has 0 aliphatic rings. The summed E-state index contributed by atoms with van der Waals surface area (Å²) < 4.78 is 42.4. The molecule has 14 heavy (non-hydrogen) atoms. The summed E-state index contributed by atoms with van der Waals surface area (Å²) in [6.07, 6.45) is 0. The molecule has 2 nitrogen and oxygen atoms in total. The summed E-state index contributed by atoms with van der Waals surface area (Å²) in [5, 5.41) is 0. The van der Waals surface area contributed by atoms with Gasteiger partial charge in [-0.3, -0.25) is 4.79 Å². The monoisotopic (exact) mass is 204 g/mol. The molecule has 0 spiro atoms. The zero-order valence-corrected chi connectivity index (χ0v) is 7.31. The van der Waals surface area contributed by atoms with Crippen LogP contribution in [0.15, 0.2) is 12.1 Å². The van der Waals surface area contributed by atoms with E-state index in [2.05, 4.69) is 4.74 Å². The van der Waals surface area contributed by atoms with Crippen molar-refractivity contribution < 1.29 is 22.7 Å². The van der Waals surface area contributed by atoms with Crippen molar-refractivity contribution in [1.82, 2.24) is 0 Å². The summed E-state index contributed by atoms with van der Waals surface area (Å²) in [6.45, 7) is 0.732. The zero-order chi connectivity index (χ0) is 10.7. The van der Waals surface area contributed by atoms with Gasteiger partial charge in [-0.25, -0.2) is 13.2 Å². The van der Waals surface area contributed by atoms with E-state index in [1.54, 1.807) is 0 Å². The molecule has 0 aliphatic heterocycles. The van der Waals surface area contributed by atoms with E-state index in [0.717, 1.165) is 6.92 Å². The average molecular weight is 204 g/mol. The first-order valence-corrected chi connectivity index (χ1v) is 3.77. The standard InChI is InChI=1S/C9H7F3O2/c1-5(13)14-4-6-2-8(11)9(12)3-7(6)10/h2-3H,4H2,1H3. The van der Waals surface area contributed by atoms with Crippen LogP contribution in [0.3, 0.4) is 0 Å². The maximum atomic E-state index is 12.9. The van der Waals surface area contributed by atoms with Crippen LogP contribution in [0.4, 0.5) is 13.2 Å². The second kappa shape index (κ2) is 4.13. The van der Waals surface area contributed by atoms with Crippen LogP contribution in [-0.2, 0) is 16.1 Å². The highest BCUT2D eigenvalue weighted by Crippen LogP contribution is 2.14. The molecule has 0 aromatic heterocycles. The maximum Gasteiger partial charge on any atom is 0.302 e. The molecule has 1 aromatic rings. The third-order valence-corrected chi connectivity index (χ3v) is 1.52. The van der Waals surface area contributed by atoms with E-state index in [1.807, 2.05) is 0 Å². The molecule has 0 fully saturated rings. The van der Waals surface area contributed by atoms with Crippen LogP contribution in [0.25, 0.3) is 0 Å². The Balaban J connectivity index is 2.87. The molecule has 0 bridgehead atoms. The van der Waals surface area contributed by atoms with Crippen molar-refractivity contribution in [2.24, 2.45) is 0 Å². The first kappa shape index (κ1) is 10.6. The first-order chi connectivity index (χ1) is 6.50. The minimum Gasteiger partial charge on any atom is -0.461 e. The second-order valence-corrected chi connectivity index (χ2v) is 2.64. The lowest BCUT2D eigenvalue weighted by molar-refractivity contribution is -0.142. The fourth-order valence-electron chi connectivity index (χ4n) is 0.854. The Hall–Kier alpha value is -1.52. The molecule has 1 rings (SSSR count). The van der Waals surface area contributed by atoms with Crippen LogP contribution in [0.1, 0.15) is 12.5 Å². The minimum absolute atomic E-state index is 0.195. The predicted octanol–water partition coefficient (Wildman–Crippen LogP) is 2.17. The zero-order valence-electron chi connectivity index (χ0n) is 7.31. The number of benzene rings is 1. The van der Waals surface area contributed by atoms with Crippen molar-refractivity contribution in [3.63, 3.8) is 0 Å². The van der Waals surface area contributed by atoms with E-state index >= 15 is 0 Å². The largest absolute Gasteiger partial charge is 0.461 e. The van der Waals surface area contributed by atoms with Crippen molar-refractivity contribution >= 4 is 5.97 Å². The van der Waals surface area contributed by atoms with Crippen LogP contribution in [0.5, 0.6) is 0 Å². The van der Waals surface area contributed by atoms with E-state index in [1.165, 1.54) is 0 Å². The van der Waals surface area contributed by atoms with Gasteiger partial charge in [-0.2, -0.15) is 0 Å². The second-order valence-electron chi connectivity index (χ2n) is 2.64. The SMILES string of the molecule is CC(=O)OCc1cc(F)c(F)cc1F. The lowest BCUT2D eigenvalue weighted by atomic mass is 10.2. The van der Waals surface area contributed by atoms with Gasteiger partial charge in [0.2, 0.25) is 0 Å². The lowest BCUT2D eigenvalue weighted by Crippen LogP contribution is -2.02. The maximum absolute atomic E-state index is 12.9. The number of hydrogen-bond donors (Lipinski definition) is 0. The van der Waals surface area contributed by atoms with E-state index in [0.29, 0.717) is 12.1 Å². The summed E-state index contributed by atoms with van der Waals surface area (Å²) in [7, 11) is 0. The number of ether oxygens (including phenoxy) is 1. The Labute approximate surface area is 78.3 Å². The summed E-state index contributed by atoms with van der Waals surface area (Å²) >= 11 is 0. The molecule has 0 saturated heterocycles. The Morgan fingerprint density at radius 2 is 1.79 bits per heavy atom. The number of carbonyl (C=O) groups is 1. The van der Waals surface area contributed by atoms with E-state index in [4.69, 9.17) is 0 Å². The van der Waals surface area contributed by atoms with Gasteiger partial charge in [0.1, 0.15) is 12.4 Å². The number of halogens is 3. The highest BCUT2D eigenvalue weighted by Gasteiger charge is 2.10. The molecule has 0 unspecified atom stereocenters. The first-order valence-electron chi connectivity index (χ1n) is 3.77. The molecule has 0 atom stereocenters. The van der Waals surface area contributed by atoms with Crippen LogP contribution >= 0.6 is 0 Å². The van der Waals surface area contributed by atoms with Crippen molar-refractivity contribution in [3.05, 3.63) is 35.1 Å². The van der Waals surface area contributed by atoms with Gasteiger partial charge in [0.25, 0.3) is 0 Å². The third kappa shape index (κ3) is 2.48. The molecule has 0 aliphatic carbocycles. The Morgan fingerprint density at radius 1 is 1.21 bits per heavy atom. The number of hydrogen-bond acceptors (Lipinski definition) is 2. The highest BCUT2D eigenvalue weighted by atomic mass is 19.2. The van der Waals surface area contributed by atoms with Gasteiger partial charge in [0, 0.05) is 18.6 Å². The fraction of sp³-hybridized carbons (Fsp3) is 0.222. The average Bonchev–Trinajstić information content (AvgIpc) is 2.09. The summed E-state index contributed by atoms with van der Waals surface area (Å²) in [5.41, 5.74) is -0.195. The van der Waals surface area contributed by atoms with Gasteiger partial charge in [0.05, 0.1) is 0 Å². The van der Waals surface area contributed by atoms with Crippen molar-refractivity contribution in [3.8, 4) is 0 Å². The number of rotatable bonds is 2. The summed E-state index contributed by atoms with van der Waals surface area (Å²) in [5.74, 6) is -4.00. The molecule has 0 saturated carbocycles. The van der Waals surface area contributed by atoms with Crippen molar-refractivity contribution in [2.75, 3.05) is 0 Å². The quantitative estimate of drug-likeness (QED) is 0.545. The van der Waals surface area contributed by atoms with Crippen molar-refractivity contribution in [2.45, 2.75) is 13.5 Å². The molecular formula is C9H7F3O2. The van der Waals surface area contributed by atoms with Crippen LogP contribution < -0.4 is 0 Å². The van der Waals surface area contributed by atoms with E-state index in [-0.39, 0.29) is 5.56 Å². The smallest absolute Gasteiger partial charge is 0.302 e. The van der Waals surface area contributed by atoms with Crippen molar-refractivity contribution in [1.29, 1.82) is 0 Å². The van der Waals surface area contributed by atoms with Crippen LogP contribution in [-0.4, -0.2) is 5.97 Å². The summed E-state index contributed by atoms with van der Waals surface area (Å²) in [4.78, 5) is 10.4. The lowest BCUT2D eigenvalue weighted by Gasteiger charge is -2.04. The van der Waals surface area contributed by atoms with Crippen LogP contribution in [0, 0.1) is 17.5 Å².